The van der Waals surface area contributed by atoms with Gasteiger partial charge in [0, 0.05) is 17.0 Å². The van der Waals surface area contributed by atoms with Crippen LogP contribution in [0.4, 0.5) is 0 Å². The minimum atomic E-state index is -0.981. The van der Waals surface area contributed by atoms with E-state index in [-0.39, 0.29) is 11.9 Å². The Morgan fingerprint density at radius 1 is 1.43 bits per heavy atom. The smallest absolute Gasteiger partial charge is 0.328 e. The van der Waals surface area contributed by atoms with E-state index in [1.807, 2.05) is 13.0 Å². The molecule has 1 aliphatic rings. The molecule has 0 spiro atoms. The Labute approximate surface area is 128 Å². The molecule has 2 atom stereocenters. The molecule has 5 heteroatoms. The maximum absolute atomic E-state index is 12.3. The molecule has 0 bridgehead atoms. The molecular formula is C16H21NO3S. The number of hydrogen-bond acceptors (Lipinski definition) is 3. The summed E-state index contributed by atoms with van der Waals surface area (Å²) < 4.78 is 0. The Kier molecular flexibility index (Phi) is 5.17. The van der Waals surface area contributed by atoms with Crippen molar-refractivity contribution in [1.82, 2.24) is 5.32 Å². The van der Waals surface area contributed by atoms with Gasteiger partial charge in [0.25, 0.3) is 5.91 Å². The number of aliphatic carboxylic acids is 1. The van der Waals surface area contributed by atoms with Crippen molar-refractivity contribution in [2.24, 2.45) is 5.92 Å². The van der Waals surface area contributed by atoms with Crippen LogP contribution in [0, 0.1) is 12.8 Å². The summed E-state index contributed by atoms with van der Waals surface area (Å²) in [6.45, 7) is 4.11. The van der Waals surface area contributed by atoms with Gasteiger partial charge in [-0.3, -0.25) is 4.79 Å². The molecule has 1 amide bonds. The molecule has 1 heterocycles. The monoisotopic (exact) mass is 307 g/mol. The lowest BCUT2D eigenvalue weighted by atomic mass is 9.87. The third-order valence-corrected chi connectivity index (χ3v) is 5.03. The highest BCUT2D eigenvalue weighted by Gasteiger charge is 2.21. The van der Waals surface area contributed by atoms with Crippen LogP contribution in [0.2, 0.25) is 0 Å². The fraction of sp³-hybridized carbons (Fsp3) is 0.500. The Bertz CT molecular complexity index is 562. The van der Waals surface area contributed by atoms with Gasteiger partial charge in [-0.1, -0.05) is 19.8 Å². The molecule has 0 aromatic carbocycles. The van der Waals surface area contributed by atoms with Crippen LogP contribution in [0.3, 0.4) is 0 Å². The first-order valence-corrected chi connectivity index (χ1v) is 8.09. The molecular weight excluding hydrogens is 286 g/mol. The normalized spacial score (nSPS) is 22.4. The second kappa shape index (κ2) is 6.89. The van der Waals surface area contributed by atoms with E-state index in [0.29, 0.717) is 10.8 Å². The summed E-state index contributed by atoms with van der Waals surface area (Å²) >= 11 is 1.34. The zero-order valence-corrected chi connectivity index (χ0v) is 13.2. The zero-order valence-electron chi connectivity index (χ0n) is 12.4. The van der Waals surface area contributed by atoms with Gasteiger partial charge in [-0.25, -0.2) is 4.79 Å². The maximum atomic E-state index is 12.3. The Morgan fingerprint density at radius 2 is 2.19 bits per heavy atom. The Hall–Kier alpha value is -1.62. The number of thiophene rings is 1. The van der Waals surface area contributed by atoms with Gasteiger partial charge in [-0.15, -0.1) is 11.3 Å². The molecule has 0 aliphatic heterocycles. The molecule has 0 saturated heterocycles. The highest BCUT2D eigenvalue weighted by Crippen LogP contribution is 2.26. The van der Waals surface area contributed by atoms with E-state index in [1.165, 1.54) is 24.2 Å². The SMILES string of the molecule is Cc1cc(C(=O)NC2CCCC(C)C2)sc1/C=C/C(=O)O. The predicted octanol–water partition coefficient (Wildman–Crippen LogP) is 3.46. The number of aryl methyl sites for hydroxylation is 1. The van der Waals surface area contributed by atoms with Gasteiger partial charge in [0.05, 0.1) is 4.88 Å². The van der Waals surface area contributed by atoms with Crippen LogP contribution < -0.4 is 5.32 Å². The quantitative estimate of drug-likeness (QED) is 0.837. The number of rotatable bonds is 4. The molecule has 2 rings (SSSR count). The van der Waals surface area contributed by atoms with Crippen LogP contribution in [-0.4, -0.2) is 23.0 Å². The number of amides is 1. The van der Waals surface area contributed by atoms with E-state index in [1.54, 1.807) is 6.08 Å². The van der Waals surface area contributed by atoms with Gasteiger partial charge < -0.3 is 10.4 Å². The standard InChI is InChI=1S/C16H21NO3S/c1-10-4-3-5-12(8-10)17-16(20)14-9-11(2)13(21-14)6-7-15(18)19/h6-7,9-10,12H,3-5,8H2,1-2H3,(H,17,20)(H,18,19)/b7-6+. The summed E-state index contributed by atoms with van der Waals surface area (Å²) in [7, 11) is 0. The van der Waals surface area contributed by atoms with Crippen molar-refractivity contribution in [3.8, 4) is 0 Å². The van der Waals surface area contributed by atoms with Crippen LogP contribution >= 0.6 is 11.3 Å². The summed E-state index contributed by atoms with van der Waals surface area (Å²) in [5, 5.41) is 11.8. The molecule has 2 unspecified atom stereocenters. The molecule has 114 valence electrons. The first-order chi connectivity index (χ1) is 9.95. The lowest BCUT2D eigenvalue weighted by Crippen LogP contribution is -2.37. The lowest BCUT2D eigenvalue weighted by molar-refractivity contribution is -0.131. The molecule has 1 aromatic heterocycles. The number of carboxylic acid groups (broad SMARTS) is 1. The van der Waals surface area contributed by atoms with E-state index in [0.717, 1.165) is 29.4 Å². The highest BCUT2D eigenvalue weighted by atomic mass is 32.1. The van der Waals surface area contributed by atoms with Crippen molar-refractivity contribution in [3.05, 3.63) is 27.5 Å². The predicted molar refractivity (Wildman–Crippen MR) is 84.6 cm³/mol. The van der Waals surface area contributed by atoms with Crippen LogP contribution in [0.5, 0.6) is 0 Å². The fourth-order valence-electron chi connectivity index (χ4n) is 2.74. The number of carboxylic acids is 1. The van der Waals surface area contributed by atoms with Gasteiger partial charge in [-0.2, -0.15) is 0 Å². The summed E-state index contributed by atoms with van der Waals surface area (Å²) in [6.07, 6.45) is 7.15. The second-order valence-corrected chi connectivity index (χ2v) is 6.86. The minimum absolute atomic E-state index is 0.0443. The summed E-state index contributed by atoms with van der Waals surface area (Å²) in [4.78, 5) is 24.3. The topological polar surface area (TPSA) is 66.4 Å². The van der Waals surface area contributed by atoms with E-state index in [9.17, 15) is 9.59 Å². The van der Waals surface area contributed by atoms with Crippen LogP contribution in [0.1, 0.15) is 52.7 Å². The summed E-state index contributed by atoms with van der Waals surface area (Å²) in [5.74, 6) is -0.356. The first-order valence-electron chi connectivity index (χ1n) is 7.28. The van der Waals surface area contributed by atoms with Gasteiger partial charge in [0.2, 0.25) is 0 Å². The van der Waals surface area contributed by atoms with Crippen molar-refractivity contribution >= 4 is 29.3 Å². The lowest BCUT2D eigenvalue weighted by Gasteiger charge is -2.27. The number of carbonyl (C=O) groups excluding carboxylic acids is 1. The Morgan fingerprint density at radius 3 is 2.86 bits per heavy atom. The second-order valence-electron chi connectivity index (χ2n) is 5.77. The molecule has 1 fully saturated rings. The average Bonchev–Trinajstić information content (AvgIpc) is 2.78. The third-order valence-electron chi connectivity index (χ3n) is 3.83. The maximum Gasteiger partial charge on any atom is 0.328 e. The van der Waals surface area contributed by atoms with Crippen molar-refractivity contribution < 1.29 is 14.7 Å². The van der Waals surface area contributed by atoms with E-state index in [4.69, 9.17) is 5.11 Å². The van der Waals surface area contributed by atoms with Gasteiger partial charge in [0.15, 0.2) is 0 Å². The largest absolute Gasteiger partial charge is 0.478 e. The summed E-state index contributed by atoms with van der Waals surface area (Å²) in [5.41, 5.74) is 0.930. The van der Waals surface area contributed by atoms with Crippen molar-refractivity contribution in [2.75, 3.05) is 0 Å². The molecule has 1 aromatic rings. The number of nitrogens with one attached hydrogen (secondary N) is 1. The third kappa shape index (κ3) is 4.43. The molecule has 1 saturated carbocycles. The Balaban J connectivity index is 2.02. The number of carbonyl (C=O) groups is 2. The van der Waals surface area contributed by atoms with Crippen LogP contribution in [0.15, 0.2) is 12.1 Å². The van der Waals surface area contributed by atoms with Crippen LogP contribution in [-0.2, 0) is 4.79 Å². The first kappa shape index (κ1) is 15.8. The zero-order chi connectivity index (χ0) is 15.4. The van der Waals surface area contributed by atoms with Crippen molar-refractivity contribution in [1.29, 1.82) is 0 Å². The number of hydrogen-bond donors (Lipinski definition) is 2. The van der Waals surface area contributed by atoms with E-state index < -0.39 is 5.97 Å². The molecule has 2 N–H and O–H groups in total. The summed E-state index contributed by atoms with van der Waals surface area (Å²) in [6, 6.07) is 2.09. The molecule has 0 radical (unpaired) electrons. The van der Waals surface area contributed by atoms with Gasteiger partial charge in [-0.05, 0) is 43.4 Å². The molecule has 1 aliphatic carbocycles. The van der Waals surface area contributed by atoms with Crippen molar-refractivity contribution in [2.45, 2.75) is 45.6 Å². The van der Waals surface area contributed by atoms with E-state index >= 15 is 0 Å². The van der Waals surface area contributed by atoms with Crippen LogP contribution in [0.25, 0.3) is 6.08 Å². The minimum Gasteiger partial charge on any atom is -0.478 e. The van der Waals surface area contributed by atoms with Gasteiger partial charge >= 0.3 is 5.97 Å². The van der Waals surface area contributed by atoms with E-state index in [2.05, 4.69) is 12.2 Å². The highest BCUT2D eigenvalue weighted by molar-refractivity contribution is 7.15. The average molecular weight is 307 g/mol. The fourth-order valence-corrected chi connectivity index (χ4v) is 3.72. The molecule has 4 nitrogen and oxygen atoms in total. The molecule has 21 heavy (non-hydrogen) atoms. The van der Waals surface area contributed by atoms with Crippen molar-refractivity contribution in [3.63, 3.8) is 0 Å². The van der Waals surface area contributed by atoms with Gasteiger partial charge in [0.1, 0.15) is 0 Å².